The normalized spacial score (nSPS) is 12.7. The minimum Gasteiger partial charge on any atom is -0.481 e. The fraction of sp³-hybridized carbons (Fsp3) is 0.407. The van der Waals surface area contributed by atoms with E-state index in [1.165, 1.54) is 0 Å². The van der Waals surface area contributed by atoms with Crippen molar-refractivity contribution in [3.8, 4) is 17.2 Å². The van der Waals surface area contributed by atoms with E-state index in [9.17, 15) is 14.4 Å². The first-order valence-electron chi connectivity index (χ1n) is 12.0. The second-order valence-corrected chi connectivity index (χ2v) is 8.57. The van der Waals surface area contributed by atoms with Crippen LogP contribution in [0.1, 0.15) is 62.0 Å². The number of carbonyl (C=O) groups excluding carboxylic acids is 2. The number of alkyl carbamates (subject to hydrolysis) is 1. The van der Waals surface area contributed by atoms with Crippen LogP contribution in [0.2, 0.25) is 0 Å². The van der Waals surface area contributed by atoms with Gasteiger partial charge in [0.2, 0.25) is 5.91 Å². The zero-order chi connectivity index (χ0) is 25.0. The Morgan fingerprint density at radius 3 is 2.26 bits per heavy atom. The molecule has 0 aliphatic heterocycles. The van der Waals surface area contributed by atoms with E-state index in [-0.39, 0.29) is 31.3 Å². The van der Waals surface area contributed by atoms with Crippen LogP contribution in [-0.4, -0.2) is 42.3 Å². The van der Waals surface area contributed by atoms with E-state index >= 15 is 0 Å². The number of carboxylic acid groups (broad SMARTS) is 1. The topological polar surface area (TPSA) is 129 Å². The maximum atomic E-state index is 12.6. The van der Waals surface area contributed by atoms with Crippen molar-refractivity contribution in [1.29, 1.82) is 5.26 Å². The number of benzene rings is 2. The molecule has 0 radical (unpaired) electrons. The molecule has 1 atom stereocenters. The monoisotopic (exact) mass is 477 g/mol. The highest BCUT2D eigenvalue weighted by Crippen LogP contribution is 2.44. The molecule has 1 unspecified atom stereocenters. The number of aliphatic carboxylic acids is 1. The van der Waals surface area contributed by atoms with Gasteiger partial charge in [-0.1, -0.05) is 55.0 Å². The van der Waals surface area contributed by atoms with Crippen LogP contribution in [0, 0.1) is 11.3 Å². The third kappa shape index (κ3) is 7.31. The van der Waals surface area contributed by atoms with Crippen LogP contribution in [0.3, 0.4) is 0 Å². The lowest BCUT2D eigenvalue weighted by atomic mass is 9.98. The Hall–Kier alpha value is -3.86. The number of nitrogens with one attached hydrogen (secondary N) is 2. The quantitative estimate of drug-likeness (QED) is 0.368. The third-order valence-electron chi connectivity index (χ3n) is 6.10. The molecule has 1 aliphatic carbocycles. The molecule has 2 amide bonds. The largest absolute Gasteiger partial charge is 0.481 e. The van der Waals surface area contributed by atoms with Crippen molar-refractivity contribution in [2.75, 3.05) is 13.2 Å². The summed E-state index contributed by atoms with van der Waals surface area (Å²) in [5.41, 5.74) is 4.48. The summed E-state index contributed by atoms with van der Waals surface area (Å²) in [5.74, 6) is -1.25. The summed E-state index contributed by atoms with van der Waals surface area (Å²) in [4.78, 5) is 35.8. The van der Waals surface area contributed by atoms with E-state index in [0.717, 1.165) is 22.3 Å². The number of hydrogen-bond acceptors (Lipinski definition) is 5. The van der Waals surface area contributed by atoms with Crippen molar-refractivity contribution in [1.82, 2.24) is 10.6 Å². The van der Waals surface area contributed by atoms with E-state index in [1.54, 1.807) is 0 Å². The van der Waals surface area contributed by atoms with Gasteiger partial charge < -0.3 is 20.5 Å². The SMILES string of the molecule is N#CCCCC(NC(=O)OCC1c2ccccc2-c2ccccc21)C(=O)NCCCCCC(=O)O. The molecular formula is C27H31N3O5. The standard InChI is InChI=1S/C27H31N3O5/c28-16-8-7-14-24(26(33)29-17-9-1-2-15-25(31)32)30-27(34)35-18-23-21-12-5-3-10-19(21)20-11-4-6-13-22(20)23/h3-6,10-13,23-24H,1-2,7-9,14-15,17-18H2,(H,29,33)(H,30,34)(H,31,32). The Morgan fingerprint density at radius 2 is 1.63 bits per heavy atom. The fourth-order valence-electron chi connectivity index (χ4n) is 4.35. The van der Waals surface area contributed by atoms with E-state index in [1.807, 2.05) is 42.5 Å². The first kappa shape index (κ1) is 25.8. The summed E-state index contributed by atoms with van der Waals surface area (Å²) >= 11 is 0. The second-order valence-electron chi connectivity index (χ2n) is 8.57. The number of nitrogens with zero attached hydrogens (tertiary/aromatic N) is 1. The van der Waals surface area contributed by atoms with Gasteiger partial charge in [-0.15, -0.1) is 0 Å². The lowest BCUT2D eigenvalue weighted by Gasteiger charge is -2.19. The number of carbonyl (C=O) groups is 3. The highest BCUT2D eigenvalue weighted by atomic mass is 16.5. The number of ether oxygens (including phenoxy) is 1. The Labute approximate surface area is 205 Å². The first-order valence-corrected chi connectivity index (χ1v) is 12.0. The third-order valence-corrected chi connectivity index (χ3v) is 6.10. The van der Waals surface area contributed by atoms with Crippen LogP contribution >= 0.6 is 0 Å². The molecule has 0 fully saturated rings. The van der Waals surface area contributed by atoms with Crippen molar-refractivity contribution in [2.24, 2.45) is 0 Å². The van der Waals surface area contributed by atoms with E-state index in [0.29, 0.717) is 38.6 Å². The molecule has 184 valence electrons. The minimum atomic E-state index is -0.834. The van der Waals surface area contributed by atoms with Gasteiger partial charge in [0.05, 0.1) is 6.07 Å². The van der Waals surface area contributed by atoms with E-state index in [2.05, 4.69) is 22.8 Å². The number of hydrogen-bond donors (Lipinski definition) is 3. The minimum absolute atomic E-state index is 0.0789. The number of nitriles is 1. The zero-order valence-corrected chi connectivity index (χ0v) is 19.7. The predicted molar refractivity (Wildman–Crippen MR) is 131 cm³/mol. The molecule has 35 heavy (non-hydrogen) atoms. The van der Waals surface area contributed by atoms with Crippen molar-refractivity contribution >= 4 is 18.0 Å². The molecule has 0 bridgehead atoms. The maximum Gasteiger partial charge on any atom is 0.407 e. The van der Waals surface area contributed by atoms with Crippen molar-refractivity contribution < 1.29 is 24.2 Å². The highest BCUT2D eigenvalue weighted by Gasteiger charge is 2.29. The molecule has 2 aromatic rings. The fourth-order valence-corrected chi connectivity index (χ4v) is 4.35. The number of rotatable bonds is 13. The molecule has 0 saturated carbocycles. The summed E-state index contributed by atoms with van der Waals surface area (Å²) in [5, 5.41) is 22.9. The van der Waals surface area contributed by atoms with Gasteiger partial charge in [0, 0.05) is 25.3 Å². The average molecular weight is 478 g/mol. The highest BCUT2D eigenvalue weighted by molar-refractivity contribution is 5.85. The zero-order valence-electron chi connectivity index (χ0n) is 19.7. The van der Waals surface area contributed by atoms with Crippen molar-refractivity contribution in [2.45, 2.75) is 56.9 Å². The van der Waals surface area contributed by atoms with E-state index < -0.39 is 18.1 Å². The Bertz CT molecular complexity index is 1030. The van der Waals surface area contributed by atoms with Gasteiger partial charge in [0.1, 0.15) is 12.6 Å². The van der Waals surface area contributed by atoms with Gasteiger partial charge in [-0.05, 0) is 47.9 Å². The molecular weight excluding hydrogens is 446 g/mol. The Balaban J connectivity index is 1.53. The molecule has 3 rings (SSSR count). The van der Waals surface area contributed by atoms with Crippen LogP contribution in [-0.2, 0) is 14.3 Å². The Kier molecular flexibility index (Phi) is 9.67. The van der Waals surface area contributed by atoms with Gasteiger partial charge in [-0.3, -0.25) is 9.59 Å². The molecule has 0 aromatic heterocycles. The predicted octanol–water partition coefficient (Wildman–Crippen LogP) is 4.35. The van der Waals surface area contributed by atoms with Crippen LogP contribution in [0.15, 0.2) is 48.5 Å². The molecule has 3 N–H and O–H groups in total. The van der Waals surface area contributed by atoms with Gasteiger partial charge in [0.15, 0.2) is 0 Å². The van der Waals surface area contributed by atoms with Crippen molar-refractivity contribution in [3.63, 3.8) is 0 Å². The maximum absolute atomic E-state index is 12.6. The van der Waals surface area contributed by atoms with Gasteiger partial charge in [-0.2, -0.15) is 5.26 Å². The molecule has 0 heterocycles. The molecule has 0 saturated heterocycles. The Morgan fingerprint density at radius 1 is 0.971 bits per heavy atom. The summed E-state index contributed by atoms with van der Waals surface area (Å²) in [6.07, 6.45) is 2.39. The number of carboxylic acids is 1. The first-order chi connectivity index (χ1) is 17.0. The van der Waals surface area contributed by atoms with Crippen LogP contribution in [0.25, 0.3) is 11.1 Å². The molecule has 2 aromatic carbocycles. The molecule has 8 nitrogen and oxygen atoms in total. The average Bonchev–Trinajstić information content (AvgIpc) is 3.17. The number of fused-ring (bicyclic) bond motifs is 3. The lowest BCUT2D eigenvalue weighted by Crippen LogP contribution is -2.47. The lowest BCUT2D eigenvalue weighted by molar-refractivity contribution is -0.137. The van der Waals surface area contributed by atoms with Crippen molar-refractivity contribution in [3.05, 3.63) is 59.7 Å². The van der Waals surface area contributed by atoms with Gasteiger partial charge >= 0.3 is 12.1 Å². The van der Waals surface area contributed by atoms with Gasteiger partial charge in [-0.25, -0.2) is 4.79 Å². The smallest absolute Gasteiger partial charge is 0.407 e. The van der Waals surface area contributed by atoms with E-state index in [4.69, 9.17) is 15.1 Å². The molecule has 8 heteroatoms. The molecule has 1 aliphatic rings. The van der Waals surface area contributed by atoms with Crippen LogP contribution in [0.4, 0.5) is 4.79 Å². The van der Waals surface area contributed by atoms with Crippen LogP contribution < -0.4 is 10.6 Å². The number of unbranched alkanes of at least 4 members (excludes halogenated alkanes) is 3. The summed E-state index contributed by atoms with van der Waals surface area (Å²) in [7, 11) is 0. The summed E-state index contributed by atoms with van der Waals surface area (Å²) < 4.78 is 5.56. The second kappa shape index (κ2) is 13.1. The molecule has 0 spiro atoms. The summed E-state index contributed by atoms with van der Waals surface area (Å²) in [6, 6.07) is 17.3. The summed E-state index contributed by atoms with van der Waals surface area (Å²) in [6.45, 7) is 0.537. The van der Waals surface area contributed by atoms with Crippen LogP contribution in [0.5, 0.6) is 0 Å². The van der Waals surface area contributed by atoms with Gasteiger partial charge in [0.25, 0.3) is 0 Å². The number of amides is 2.